The van der Waals surface area contributed by atoms with Crippen LogP contribution in [0.2, 0.25) is 0 Å². The molecule has 0 spiro atoms. The lowest BCUT2D eigenvalue weighted by Gasteiger charge is -2.08. The summed E-state index contributed by atoms with van der Waals surface area (Å²) in [6.45, 7) is 0. The first-order chi connectivity index (χ1) is 10.1. The van der Waals surface area contributed by atoms with Crippen LogP contribution in [0.5, 0.6) is 11.5 Å². The molecule has 0 bridgehead atoms. The summed E-state index contributed by atoms with van der Waals surface area (Å²) in [6, 6.07) is 6.79. The van der Waals surface area contributed by atoms with E-state index in [1.807, 2.05) is 6.07 Å². The number of aryl methyl sites for hydroxylation is 1. The molecule has 7 heteroatoms. The van der Waals surface area contributed by atoms with Gasteiger partial charge in [-0.3, -0.25) is 9.48 Å². The highest BCUT2D eigenvalue weighted by Gasteiger charge is 2.14. The summed E-state index contributed by atoms with van der Waals surface area (Å²) < 4.78 is 11.7. The molecule has 0 aliphatic heterocycles. The van der Waals surface area contributed by atoms with E-state index in [2.05, 4.69) is 10.4 Å². The number of methoxy groups -OCH3 is 2. The lowest BCUT2D eigenvalue weighted by atomic mass is 10.2. The maximum Gasteiger partial charge on any atom is 0.257 e. The van der Waals surface area contributed by atoms with E-state index in [9.17, 15) is 4.79 Å². The number of hydrogen-bond donors (Lipinski definition) is 1. The summed E-state index contributed by atoms with van der Waals surface area (Å²) in [7, 11) is 4.68. The van der Waals surface area contributed by atoms with Crippen molar-refractivity contribution >= 4 is 11.7 Å². The number of hydrogen-bond acceptors (Lipinski definition) is 5. The average molecular weight is 286 g/mol. The second kappa shape index (κ2) is 5.96. The Labute approximate surface area is 121 Å². The molecule has 1 amide bonds. The van der Waals surface area contributed by atoms with Crippen LogP contribution in [0.25, 0.3) is 0 Å². The molecular weight excluding hydrogens is 272 g/mol. The lowest BCUT2D eigenvalue weighted by Crippen LogP contribution is -2.13. The Hall–Kier alpha value is -3.01. The Balaban J connectivity index is 2.30. The van der Waals surface area contributed by atoms with Gasteiger partial charge in [0.2, 0.25) is 0 Å². The van der Waals surface area contributed by atoms with Crippen molar-refractivity contribution in [1.29, 1.82) is 5.26 Å². The van der Waals surface area contributed by atoms with Crippen molar-refractivity contribution in [3.63, 3.8) is 0 Å². The molecule has 0 saturated carbocycles. The first-order valence-electron chi connectivity index (χ1n) is 6.05. The maximum atomic E-state index is 12.2. The van der Waals surface area contributed by atoms with Gasteiger partial charge in [-0.25, -0.2) is 0 Å². The monoisotopic (exact) mass is 286 g/mol. The quantitative estimate of drug-likeness (QED) is 0.921. The largest absolute Gasteiger partial charge is 0.497 e. The number of anilines is 1. The molecule has 7 nitrogen and oxygen atoms in total. The fourth-order valence-corrected chi connectivity index (χ4v) is 1.78. The smallest absolute Gasteiger partial charge is 0.257 e. The van der Waals surface area contributed by atoms with Gasteiger partial charge in [0.05, 0.1) is 14.2 Å². The van der Waals surface area contributed by atoms with Crippen LogP contribution in [-0.4, -0.2) is 29.9 Å². The minimum absolute atomic E-state index is 0.215. The van der Waals surface area contributed by atoms with Gasteiger partial charge in [0.25, 0.3) is 5.91 Å². The summed E-state index contributed by atoms with van der Waals surface area (Å²) in [5.74, 6) is 0.816. The fourth-order valence-electron chi connectivity index (χ4n) is 1.78. The predicted octanol–water partition coefficient (Wildman–Crippen LogP) is 1.56. The molecule has 0 atom stereocenters. The Morgan fingerprint density at radius 3 is 2.43 bits per heavy atom. The fraction of sp³-hybridized carbons (Fsp3) is 0.214. The molecule has 1 aromatic carbocycles. The van der Waals surface area contributed by atoms with E-state index in [1.165, 1.54) is 25.1 Å². The van der Waals surface area contributed by atoms with E-state index in [-0.39, 0.29) is 5.82 Å². The van der Waals surface area contributed by atoms with Crippen molar-refractivity contribution in [2.24, 2.45) is 7.05 Å². The summed E-state index contributed by atoms with van der Waals surface area (Å²) in [6.07, 6.45) is 1.53. The van der Waals surface area contributed by atoms with Gasteiger partial charge in [0, 0.05) is 24.9 Å². The summed E-state index contributed by atoms with van der Waals surface area (Å²) in [5, 5.41) is 15.6. The van der Waals surface area contributed by atoms with Gasteiger partial charge >= 0.3 is 0 Å². The third kappa shape index (κ3) is 3.12. The number of nitrogens with zero attached hydrogens (tertiary/aromatic N) is 3. The Bertz CT molecular complexity index is 693. The second-order valence-electron chi connectivity index (χ2n) is 4.23. The number of carbonyl (C=O) groups excluding carboxylic acids is 1. The van der Waals surface area contributed by atoms with Gasteiger partial charge in [-0.15, -0.1) is 0 Å². The van der Waals surface area contributed by atoms with E-state index < -0.39 is 5.91 Å². The summed E-state index contributed by atoms with van der Waals surface area (Å²) in [4.78, 5) is 12.2. The van der Waals surface area contributed by atoms with Crippen LogP contribution in [-0.2, 0) is 7.05 Å². The number of amides is 1. The molecule has 2 aromatic rings. The Morgan fingerprint density at radius 2 is 1.90 bits per heavy atom. The molecule has 0 saturated heterocycles. The van der Waals surface area contributed by atoms with Crippen molar-refractivity contribution in [2.45, 2.75) is 0 Å². The minimum Gasteiger partial charge on any atom is -0.497 e. The lowest BCUT2D eigenvalue weighted by molar-refractivity contribution is 0.102. The summed E-state index contributed by atoms with van der Waals surface area (Å²) in [5.41, 5.74) is 0.640. The molecule has 0 unspecified atom stereocenters. The van der Waals surface area contributed by atoms with Crippen LogP contribution in [0.4, 0.5) is 5.82 Å². The molecule has 108 valence electrons. The van der Waals surface area contributed by atoms with E-state index in [4.69, 9.17) is 14.7 Å². The van der Waals surface area contributed by atoms with Gasteiger partial charge in [-0.05, 0) is 12.1 Å². The first kappa shape index (κ1) is 14.4. The van der Waals surface area contributed by atoms with Crippen molar-refractivity contribution in [2.75, 3.05) is 19.5 Å². The van der Waals surface area contributed by atoms with Crippen molar-refractivity contribution in [3.8, 4) is 17.6 Å². The van der Waals surface area contributed by atoms with Gasteiger partial charge in [0.15, 0.2) is 5.82 Å². The molecule has 21 heavy (non-hydrogen) atoms. The normalized spacial score (nSPS) is 9.81. The van der Waals surface area contributed by atoms with E-state index in [0.717, 1.165) is 0 Å². The van der Waals surface area contributed by atoms with Crippen LogP contribution in [0.15, 0.2) is 24.4 Å². The molecule has 1 aromatic heterocycles. The number of nitriles is 1. The van der Waals surface area contributed by atoms with Gasteiger partial charge in [-0.2, -0.15) is 10.4 Å². The summed E-state index contributed by atoms with van der Waals surface area (Å²) >= 11 is 0. The van der Waals surface area contributed by atoms with Crippen molar-refractivity contribution in [3.05, 3.63) is 35.5 Å². The van der Waals surface area contributed by atoms with Crippen LogP contribution >= 0.6 is 0 Å². The number of carbonyl (C=O) groups is 1. The molecular formula is C14H14N4O3. The third-order valence-corrected chi connectivity index (χ3v) is 2.79. The second-order valence-corrected chi connectivity index (χ2v) is 4.23. The number of benzene rings is 1. The van der Waals surface area contributed by atoms with Crippen LogP contribution < -0.4 is 14.8 Å². The zero-order chi connectivity index (χ0) is 15.4. The zero-order valence-corrected chi connectivity index (χ0v) is 11.9. The molecule has 0 fully saturated rings. The molecule has 0 aliphatic rings. The van der Waals surface area contributed by atoms with Crippen LogP contribution in [0, 0.1) is 11.3 Å². The standard InChI is InChI=1S/C14H14N4O3/c1-18-8-10(7-15)13(17-18)16-14(19)9-4-11(20-2)6-12(5-9)21-3/h4-6,8H,1-3H3,(H,16,17,19). The van der Waals surface area contributed by atoms with Gasteiger partial charge in [-0.1, -0.05) is 0 Å². The highest BCUT2D eigenvalue weighted by atomic mass is 16.5. The van der Waals surface area contributed by atoms with Gasteiger partial charge in [0.1, 0.15) is 23.1 Å². The van der Waals surface area contributed by atoms with Gasteiger partial charge < -0.3 is 14.8 Å². The van der Waals surface area contributed by atoms with E-state index >= 15 is 0 Å². The third-order valence-electron chi connectivity index (χ3n) is 2.79. The number of rotatable bonds is 4. The van der Waals surface area contributed by atoms with Crippen molar-refractivity contribution in [1.82, 2.24) is 9.78 Å². The predicted molar refractivity (Wildman–Crippen MR) is 75.4 cm³/mol. The van der Waals surface area contributed by atoms with E-state index in [1.54, 1.807) is 25.2 Å². The number of nitrogens with one attached hydrogen (secondary N) is 1. The number of ether oxygens (including phenoxy) is 2. The highest BCUT2D eigenvalue weighted by Crippen LogP contribution is 2.23. The minimum atomic E-state index is -0.401. The topological polar surface area (TPSA) is 89.2 Å². The molecule has 0 radical (unpaired) electrons. The van der Waals surface area contributed by atoms with E-state index in [0.29, 0.717) is 22.6 Å². The highest BCUT2D eigenvalue weighted by molar-refractivity contribution is 6.04. The SMILES string of the molecule is COc1cc(OC)cc(C(=O)Nc2nn(C)cc2C#N)c1. The zero-order valence-electron chi connectivity index (χ0n) is 11.9. The Morgan fingerprint density at radius 1 is 1.29 bits per heavy atom. The van der Waals surface area contributed by atoms with Crippen molar-refractivity contribution < 1.29 is 14.3 Å². The maximum absolute atomic E-state index is 12.2. The molecule has 1 heterocycles. The molecule has 1 N–H and O–H groups in total. The number of aromatic nitrogens is 2. The van der Waals surface area contributed by atoms with Crippen LogP contribution in [0.1, 0.15) is 15.9 Å². The Kier molecular flexibility index (Phi) is 4.09. The molecule has 2 rings (SSSR count). The average Bonchev–Trinajstić information content (AvgIpc) is 2.86. The molecule has 0 aliphatic carbocycles. The first-order valence-corrected chi connectivity index (χ1v) is 6.05. The van der Waals surface area contributed by atoms with Crippen LogP contribution in [0.3, 0.4) is 0 Å².